The van der Waals surface area contributed by atoms with E-state index in [9.17, 15) is 0 Å². The molecule has 3 nitrogen and oxygen atoms in total. The molecule has 0 aromatic carbocycles. The molecule has 0 radical (unpaired) electrons. The summed E-state index contributed by atoms with van der Waals surface area (Å²) in [6.45, 7) is 9.59. The van der Waals surface area contributed by atoms with E-state index < -0.39 is 0 Å². The summed E-state index contributed by atoms with van der Waals surface area (Å²) < 4.78 is 0. The van der Waals surface area contributed by atoms with Crippen LogP contribution in [0.4, 0.5) is 0 Å². The zero-order chi connectivity index (χ0) is 10.7. The Morgan fingerprint density at radius 3 is 1.46 bits per heavy atom. The van der Waals surface area contributed by atoms with Crippen molar-refractivity contribution < 1.29 is 4.79 Å². The first-order valence-corrected chi connectivity index (χ1v) is 4.58. The van der Waals surface area contributed by atoms with Crippen LogP contribution < -0.4 is 0 Å². The SMILES string of the molecule is CC=O.CCC(C)=NN=C(C)CC. The summed E-state index contributed by atoms with van der Waals surface area (Å²) in [5.74, 6) is 0. The average molecular weight is 184 g/mol. The molecule has 13 heavy (non-hydrogen) atoms. The van der Waals surface area contributed by atoms with Crippen molar-refractivity contribution in [1.82, 2.24) is 0 Å². The maximum atomic E-state index is 8.81. The van der Waals surface area contributed by atoms with Crippen LogP contribution in [-0.2, 0) is 4.79 Å². The second-order valence-electron chi connectivity index (χ2n) is 2.61. The molecular formula is C10H20N2O. The van der Waals surface area contributed by atoms with Crippen LogP contribution in [0, 0.1) is 0 Å². The van der Waals surface area contributed by atoms with E-state index in [1.807, 2.05) is 13.8 Å². The third-order valence-electron chi connectivity index (χ3n) is 1.41. The first kappa shape index (κ1) is 14.5. The van der Waals surface area contributed by atoms with E-state index in [4.69, 9.17) is 4.79 Å². The highest BCUT2D eigenvalue weighted by atomic mass is 16.1. The predicted molar refractivity (Wildman–Crippen MR) is 58.5 cm³/mol. The normalized spacial score (nSPS) is 11.8. The van der Waals surface area contributed by atoms with E-state index in [1.54, 1.807) is 0 Å². The van der Waals surface area contributed by atoms with E-state index in [2.05, 4.69) is 24.1 Å². The Hall–Kier alpha value is -0.990. The number of hydrogen-bond acceptors (Lipinski definition) is 3. The van der Waals surface area contributed by atoms with Crippen molar-refractivity contribution >= 4 is 17.7 Å². The van der Waals surface area contributed by atoms with Crippen LogP contribution in [0.2, 0.25) is 0 Å². The highest BCUT2D eigenvalue weighted by Gasteiger charge is 1.84. The van der Waals surface area contributed by atoms with Gasteiger partial charge < -0.3 is 4.79 Å². The largest absolute Gasteiger partial charge is 0.304 e. The molecule has 0 spiro atoms. The van der Waals surface area contributed by atoms with Crippen LogP contribution in [-0.4, -0.2) is 17.7 Å². The predicted octanol–water partition coefficient (Wildman–Crippen LogP) is 2.85. The standard InChI is InChI=1S/C8H16N2.C2H4O/c1-5-7(3)9-10-8(4)6-2;1-2-3/h5-6H2,1-4H3;2H,1H3. The molecule has 0 heterocycles. The average Bonchev–Trinajstić information content (AvgIpc) is 2.14. The molecule has 0 fully saturated rings. The van der Waals surface area contributed by atoms with Crippen molar-refractivity contribution in [3.63, 3.8) is 0 Å². The lowest BCUT2D eigenvalue weighted by Crippen LogP contribution is -1.89. The van der Waals surface area contributed by atoms with Crippen molar-refractivity contribution in [2.45, 2.75) is 47.5 Å². The fourth-order valence-electron chi connectivity index (χ4n) is 0.312. The number of aldehydes is 1. The number of carbonyl (C=O) groups excluding carboxylic acids is 1. The zero-order valence-corrected chi connectivity index (χ0v) is 9.29. The Morgan fingerprint density at radius 2 is 1.31 bits per heavy atom. The van der Waals surface area contributed by atoms with Gasteiger partial charge in [-0.05, 0) is 33.6 Å². The Morgan fingerprint density at radius 1 is 1.08 bits per heavy atom. The monoisotopic (exact) mass is 184 g/mol. The van der Waals surface area contributed by atoms with Gasteiger partial charge in [0.15, 0.2) is 0 Å². The van der Waals surface area contributed by atoms with Gasteiger partial charge >= 0.3 is 0 Å². The molecule has 0 bridgehead atoms. The highest BCUT2D eigenvalue weighted by Crippen LogP contribution is 1.89. The summed E-state index contributed by atoms with van der Waals surface area (Å²) in [4.78, 5) is 8.81. The van der Waals surface area contributed by atoms with E-state index in [0.717, 1.165) is 30.6 Å². The fraction of sp³-hybridized carbons (Fsp3) is 0.700. The van der Waals surface area contributed by atoms with Gasteiger partial charge in [-0.15, -0.1) is 0 Å². The first-order chi connectivity index (χ1) is 6.12. The smallest absolute Gasteiger partial charge is 0.116 e. The van der Waals surface area contributed by atoms with Gasteiger partial charge in [0.2, 0.25) is 0 Å². The van der Waals surface area contributed by atoms with Gasteiger partial charge in [0, 0.05) is 11.4 Å². The summed E-state index contributed by atoms with van der Waals surface area (Å²) in [5, 5.41) is 8.04. The number of nitrogens with zero attached hydrogens (tertiary/aromatic N) is 2. The first-order valence-electron chi connectivity index (χ1n) is 4.58. The third-order valence-corrected chi connectivity index (χ3v) is 1.41. The van der Waals surface area contributed by atoms with Gasteiger partial charge in [0.25, 0.3) is 0 Å². The van der Waals surface area contributed by atoms with Crippen molar-refractivity contribution in [3.8, 4) is 0 Å². The molecule has 0 aliphatic rings. The molecule has 0 atom stereocenters. The maximum absolute atomic E-state index is 8.81. The van der Waals surface area contributed by atoms with Gasteiger partial charge in [0.05, 0.1) is 0 Å². The van der Waals surface area contributed by atoms with E-state index in [-0.39, 0.29) is 0 Å². The molecule has 0 aliphatic heterocycles. The molecule has 0 aliphatic carbocycles. The molecule has 0 amide bonds. The minimum atomic E-state index is 0.750. The van der Waals surface area contributed by atoms with Crippen molar-refractivity contribution in [1.29, 1.82) is 0 Å². The molecule has 76 valence electrons. The lowest BCUT2D eigenvalue weighted by atomic mass is 10.3. The summed E-state index contributed by atoms with van der Waals surface area (Å²) >= 11 is 0. The van der Waals surface area contributed by atoms with Gasteiger partial charge in [-0.1, -0.05) is 13.8 Å². The van der Waals surface area contributed by atoms with Crippen LogP contribution in [0.15, 0.2) is 10.2 Å². The van der Waals surface area contributed by atoms with Gasteiger partial charge in [-0.3, -0.25) is 0 Å². The van der Waals surface area contributed by atoms with Crippen molar-refractivity contribution in [3.05, 3.63) is 0 Å². The van der Waals surface area contributed by atoms with E-state index in [1.165, 1.54) is 6.92 Å². The number of rotatable bonds is 3. The summed E-state index contributed by atoms with van der Waals surface area (Å²) in [6.07, 6.45) is 2.72. The molecule has 0 aromatic rings. The molecule has 0 aromatic heterocycles. The van der Waals surface area contributed by atoms with Crippen molar-refractivity contribution in [2.75, 3.05) is 0 Å². The summed E-state index contributed by atoms with van der Waals surface area (Å²) in [5.41, 5.74) is 2.18. The van der Waals surface area contributed by atoms with Gasteiger partial charge in [-0.2, -0.15) is 10.2 Å². The quantitative estimate of drug-likeness (QED) is 0.378. The van der Waals surface area contributed by atoms with Crippen LogP contribution in [0.25, 0.3) is 0 Å². The summed E-state index contributed by atoms with van der Waals surface area (Å²) in [7, 11) is 0. The van der Waals surface area contributed by atoms with Gasteiger partial charge in [0.1, 0.15) is 6.29 Å². The summed E-state index contributed by atoms with van der Waals surface area (Å²) in [6, 6.07) is 0. The molecule has 0 rings (SSSR count). The molecule has 0 unspecified atom stereocenters. The number of carbonyl (C=O) groups is 1. The minimum Gasteiger partial charge on any atom is -0.304 e. The molecule has 0 N–H and O–H groups in total. The Bertz CT molecular complexity index is 165. The fourth-order valence-corrected chi connectivity index (χ4v) is 0.312. The molecule has 0 saturated carbocycles. The second kappa shape index (κ2) is 11.0. The highest BCUT2D eigenvalue weighted by molar-refractivity contribution is 5.85. The Kier molecular flexibility index (Phi) is 12.3. The van der Waals surface area contributed by atoms with E-state index >= 15 is 0 Å². The molecule has 3 heteroatoms. The zero-order valence-electron chi connectivity index (χ0n) is 9.29. The van der Waals surface area contributed by atoms with Crippen LogP contribution in [0.5, 0.6) is 0 Å². The number of hydrogen-bond donors (Lipinski definition) is 0. The molecular weight excluding hydrogens is 164 g/mol. The second-order valence-corrected chi connectivity index (χ2v) is 2.61. The van der Waals surface area contributed by atoms with E-state index in [0.29, 0.717) is 0 Å². The minimum absolute atomic E-state index is 0.750. The lowest BCUT2D eigenvalue weighted by molar-refractivity contribution is -0.106. The lowest BCUT2D eigenvalue weighted by Gasteiger charge is -1.91. The van der Waals surface area contributed by atoms with Crippen molar-refractivity contribution in [2.24, 2.45) is 10.2 Å². The Labute approximate surface area is 81.0 Å². The third kappa shape index (κ3) is 13.9. The molecule has 0 saturated heterocycles. The topological polar surface area (TPSA) is 41.8 Å². The van der Waals surface area contributed by atoms with Gasteiger partial charge in [-0.25, -0.2) is 0 Å². The maximum Gasteiger partial charge on any atom is 0.116 e. The van der Waals surface area contributed by atoms with Crippen LogP contribution in [0.3, 0.4) is 0 Å². The van der Waals surface area contributed by atoms with Crippen LogP contribution in [0.1, 0.15) is 47.5 Å². The Balaban J connectivity index is 0. The van der Waals surface area contributed by atoms with Crippen LogP contribution >= 0.6 is 0 Å².